The van der Waals surface area contributed by atoms with Crippen molar-refractivity contribution in [2.45, 2.75) is 19.8 Å². The molecular weight excluding hydrogens is 492 g/mol. The van der Waals surface area contributed by atoms with Gasteiger partial charge < -0.3 is 29.2 Å². The normalized spacial score (nSPS) is 9.65. The summed E-state index contributed by atoms with van der Waals surface area (Å²) in [4.78, 5) is 54.8. The highest BCUT2D eigenvalue weighted by Gasteiger charge is 2.07. The number of ether oxygens (including phenoxy) is 4. The van der Waals surface area contributed by atoms with Gasteiger partial charge in [-0.15, -0.1) is 0 Å². The molecule has 0 fully saturated rings. The maximum Gasteiger partial charge on any atom is 0.358 e. The molecule has 3 rings (SSSR count). The number of aliphatic hydroxyl groups is 1. The van der Waals surface area contributed by atoms with Gasteiger partial charge in [-0.2, -0.15) is 0 Å². The Hall–Kier alpha value is -4.47. The molecule has 0 aliphatic carbocycles. The first-order valence-electron chi connectivity index (χ1n) is 10.2. The van der Waals surface area contributed by atoms with E-state index in [1.807, 2.05) is 0 Å². The first kappa shape index (κ1) is 30.6. The molecule has 0 saturated carbocycles. The lowest BCUT2D eigenvalue weighted by atomic mass is 10.4. The van der Waals surface area contributed by atoms with E-state index in [4.69, 9.17) is 19.7 Å². The molecule has 198 valence electrons. The van der Waals surface area contributed by atoms with Crippen LogP contribution in [0.4, 0.5) is 0 Å². The van der Waals surface area contributed by atoms with Crippen LogP contribution in [-0.2, 0) is 38.8 Å². The van der Waals surface area contributed by atoms with Gasteiger partial charge in [0.1, 0.15) is 0 Å². The fourth-order valence-corrected chi connectivity index (χ4v) is 2.12. The van der Waals surface area contributed by atoms with Gasteiger partial charge in [0.2, 0.25) is 0 Å². The van der Waals surface area contributed by atoms with Crippen molar-refractivity contribution in [2.24, 2.45) is 0 Å². The first-order valence-corrected chi connectivity index (χ1v) is 10.2. The van der Waals surface area contributed by atoms with Crippen LogP contribution in [0.1, 0.15) is 48.5 Å². The van der Waals surface area contributed by atoms with Crippen molar-refractivity contribution in [3.05, 3.63) is 71.3 Å². The van der Waals surface area contributed by atoms with Crippen LogP contribution in [0.2, 0.25) is 0 Å². The number of carboxylic acids is 1. The highest BCUT2D eigenvalue weighted by atomic mass is 16.5. The quantitative estimate of drug-likeness (QED) is 0.389. The number of carboxylic acid groups (broad SMARTS) is 1. The molecule has 0 aromatic carbocycles. The third-order valence-electron chi connectivity index (χ3n) is 3.87. The number of esters is 2. The van der Waals surface area contributed by atoms with Crippen molar-refractivity contribution in [1.82, 2.24) is 29.9 Å². The Balaban J connectivity index is 0.000000278. The lowest BCUT2D eigenvalue weighted by molar-refractivity contribution is 0.0584. The van der Waals surface area contributed by atoms with Crippen molar-refractivity contribution in [1.29, 1.82) is 0 Å². The smallest absolute Gasteiger partial charge is 0.358 e. The van der Waals surface area contributed by atoms with Crippen LogP contribution in [-0.4, -0.2) is 86.5 Å². The number of aromatic carboxylic acids is 1. The van der Waals surface area contributed by atoms with Gasteiger partial charge >= 0.3 is 17.9 Å². The monoisotopic (exact) mass is 518 g/mol. The van der Waals surface area contributed by atoms with E-state index < -0.39 is 17.9 Å². The zero-order chi connectivity index (χ0) is 27.6. The Labute approximate surface area is 211 Å². The van der Waals surface area contributed by atoms with E-state index in [1.54, 1.807) is 7.11 Å². The van der Waals surface area contributed by atoms with Gasteiger partial charge in [0.15, 0.2) is 17.1 Å². The van der Waals surface area contributed by atoms with Crippen LogP contribution in [0.25, 0.3) is 0 Å². The standard InChI is InChI=1S/C8H10N2O3.2C7H8N2O3/c1-12-5-6-3-10-7(4-9-6)8(11)13-2;1-12-4-5-2-9-6(3-8-5)7(10)11;1-12-7(11)6-3-8-5(4-10)2-9-6/h3-4H,5H2,1-2H3;2-3H,4H2,1H3,(H,10,11);2-3,10H,4H2,1H3. The molecule has 3 aromatic heterocycles. The second-order valence-electron chi connectivity index (χ2n) is 6.49. The van der Waals surface area contributed by atoms with E-state index in [0.717, 1.165) is 0 Å². The highest BCUT2D eigenvalue weighted by molar-refractivity contribution is 5.87. The van der Waals surface area contributed by atoms with Crippen LogP contribution in [0.5, 0.6) is 0 Å². The van der Waals surface area contributed by atoms with Crippen molar-refractivity contribution >= 4 is 17.9 Å². The zero-order valence-corrected chi connectivity index (χ0v) is 20.5. The molecule has 0 radical (unpaired) electrons. The van der Waals surface area contributed by atoms with Gasteiger partial charge in [0.05, 0.1) is 88.3 Å². The molecule has 2 N–H and O–H groups in total. The Morgan fingerprint density at radius 3 is 1.27 bits per heavy atom. The lowest BCUT2D eigenvalue weighted by Gasteiger charge is -1.99. The van der Waals surface area contributed by atoms with Gasteiger partial charge in [-0.3, -0.25) is 15.0 Å². The third-order valence-corrected chi connectivity index (χ3v) is 3.87. The summed E-state index contributed by atoms with van der Waals surface area (Å²) >= 11 is 0. The molecule has 0 unspecified atom stereocenters. The summed E-state index contributed by atoms with van der Waals surface area (Å²) in [6, 6.07) is 0. The molecule has 3 heterocycles. The molecule has 15 nitrogen and oxygen atoms in total. The number of hydrogen-bond donors (Lipinski definition) is 2. The van der Waals surface area contributed by atoms with Gasteiger partial charge in [0, 0.05) is 14.2 Å². The number of carbonyl (C=O) groups is 3. The van der Waals surface area contributed by atoms with E-state index in [9.17, 15) is 14.4 Å². The number of aliphatic hydroxyl groups excluding tert-OH is 1. The molecule has 0 aliphatic heterocycles. The molecule has 0 aliphatic rings. The molecule has 37 heavy (non-hydrogen) atoms. The van der Waals surface area contributed by atoms with Crippen molar-refractivity contribution in [2.75, 3.05) is 28.4 Å². The molecule has 0 spiro atoms. The Kier molecular flexibility index (Phi) is 14.1. The fraction of sp³-hybridized carbons (Fsp3) is 0.318. The molecule has 0 bridgehead atoms. The predicted molar refractivity (Wildman–Crippen MR) is 123 cm³/mol. The summed E-state index contributed by atoms with van der Waals surface area (Å²) in [6.45, 7) is 0.538. The first-order chi connectivity index (χ1) is 17.8. The average molecular weight is 518 g/mol. The Morgan fingerprint density at radius 2 is 1.00 bits per heavy atom. The largest absolute Gasteiger partial charge is 0.476 e. The van der Waals surface area contributed by atoms with Crippen LogP contribution in [0.15, 0.2) is 37.2 Å². The fourth-order valence-electron chi connectivity index (χ4n) is 2.12. The molecule has 0 saturated heterocycles. The summed E-state index contributed by atoms with van der Waals surface area (Å²) in [5, 5.41) is 17.1. The molecule has 15 heteroatoms. The highest BCUT2D eigenvalue weighted by Crippen LogP contribution is 1.99. The second kappa shape index (κ2) is 17.0. The van der Waals surface area contributed by atoms with Crippen LogP contribution in [0.3, 0.4) is 0 Å². The number of nitrogens with zero attached hydrogens (tertiary/aromatic N) is 6. The summed E-state index contributed by atoms with van der Waals surface area (Å²) in [5.41, 5.74) is 1.98. The molecule has 3 aromatic rings. The SMILES string of the molecule is COC(=O)c1cnc(CO)cn1.COCc1cnc(C(=O)O)cn1.COCc1cnc(C(=O)OC)cn1. The zero-order valence-electron chi connectivity index (χ0n) is 20.5. The summed E-state index contributed by atoms with van der Waals surface area (Å²) in [6.07, 6.45) is 8.02. The number of methoxy groups -OCH3 is 4. The lowest BCUT2D eigenvalue weighted by Crippen LogP contribution is -2.06. The molecule has 0 amide bonds. The Morgan fingerprint density at radius 1 is 0.622 bits per heavy atom. The number of carbonyl (C=O) groups excluding carboxylic acids is 2. The van der Waals surface area contributed by atoms with Gasteiger partial charge in [-0.05, 0) is 0 Å². The van der Waals surface area contributed by atoms with Gasteiger partial charge in [-0.25, -0.2) is 29.3 Å². The topological polar surface area (TPSA) is 206 Å². The number of rotatable bonds is 8. The van der Waals surface area contributed by atoms with E-state index in [2.05, 4.69) is 39.4 Å². The second-order valence-corrected chi connectivity index (χ2v) is 6.49. The predicted octanol–water partition coefficient (Wildman–Crippen LogP) is 0.486. The van der Waals surface area contributed by atoms with E-state index >= 15 is 0 Å². The van der Waals surface area contributed by atoms with Gasteiger partial charge in [0.25, 0.3) is 0 Å². The van der Waals surface area contributed by atoms with Crippen LogP contribution >= 0.6 is 0 Å². The molecular formula is C22H26N6O9. The van der Waals surface area contributed by atoms with E-state index in [0.29, 0.717) is 30.3 Å². The summed E-state index contributed by atoms with van der Waals surface area (Å²) in [7, 11) is 5.67. The van der Waals surface area contributed by atoms with E-state index in [1.165, 1.54) is 58.5 Å². The van der Waals surface area contributed by atoms with Crippen molar-refractivity contribution in [3.63, 3.8) is 0 Å². The summed E-state index contributed by atoms with van der Waals surface area (Å²) < 4.78 is 18.5. The van der Waals surface area contributed by atoms with Crippen LogP contribution in [0, 0.1) is 0 Å². The van der Waals surface area contributed by atoms with Crippen molar-refractivity contribution < 1.29 is 43.5 Å². The minimum Gasteiger partial charge on any atom is -0.476 e. The minimum absolute atomic E-state index is 0.0603. The molecule has 0 atom stereocenters. The third kappa shape index (κ3) is 11.2. The Bertz CT molecular complexity index is 1110. The number of aromatic nitrogens is 6. The van der Waals surface area contributed by atoms with Crippen molar-refractivity contribution in [3.8, 4) is 0 Å². The van der Waals surface area contributed by atoms with E-state index in [-0.39, 0.29) is 23.7 Å². The van der Waals surface area contributed by atoms with Gasteiger partial charge in [-0.1, -0.05) is 0 Å². The minimum atomic E-state index is -1.08. The maximum absolute atomic E-state index is 10.9. The number of hydrogen-bond acceptors (Lipinski definition) is 14. The summed E-state index contributed by atoms with van der Waals surface area (Å²) in [5.74, 6) is -2.10. The van der Waals surface area contributed by atoms with Crippen LogP contribution < -0.4 is 0 Å². The average Bonchev–Trinajstić information content (AvgIpc) is 2.94. The maximum atomic E-state index is 10.9.